The lowest BCUT2D eigenvalue weighted by molar-refractivity contribution is -0.188. The molecular formula is C23H34O4. The summed E-state index contributed by atoms with van der Waals surface area (Å²) in [4.78, 5) is 25.5. The summed E-state index contributed by atoms with van der Waals surface area (Å²) in [7, 11) is 1.52. The highest BCUT2D eigenvalue weighted by Crippen LogP contribution is 2.65. The standard InChI is InChI=1S/C23H34O4/c1-13-14(2)18-5-17(13)6-19(18)20(24)27-12-22-7-15-4-16(8-22)10-23(9-15,11-22)21(25)26-3/h13-19H,4-12H2,1-3H3. The summed E-state index contributed by atoms with van der Waals surface area (Å²) in [5, 5.41) is 0. The summed E-state index contributed by atoms with van der Waals surface area (Å²) in [5.41, 5.74) is -0.286. The van der Waals surface area contributed by atoms with Crippen molar-refractivity contribution in [1.82, 2.24) is 0 Å². The molecule has 0 N–H and O–H groups in total. The van der Waals surface area contributed by atoms with Crippen molar-refractivity contribution in [3.8, 4) is 0 Å². The number of carbonyl (C=O) groups is 2. The minimum atomic E-state index is -0.304. The lowest BCUT2D eigenvalue weighted by Crippen LogP contribution is -2.56. The summed E-state index contributed by atoms with van der Waals surface area (Å²) in [6.07, 6.45) is 8.55. The van der Waals surface area contributed by atoms with Crippen molar-refractivity contribution >= 4 is 11.9 Å². The van der Waals surface area contributed by atoms with E-state index in [4.69, 9.17) is 9.47 Å². The van der Waals surface area contributed by atoms with Gasteiger partial charge in [-0.25, -0.2) is 0 Å². The van der Waals surface area contributed by atoms with Crippen LogP contribution in [-0.4, -0.2) is 25.7 Å². The first kappa shape index (κ1) is 18.0. The molecule has 6 fully saturated rings. The maximum absolute atomic E-state index is 12.9. The third-order valence-corrected chi connectivity index (χ3v) is 9.52. The zero-order valence-electron chi connectivity index (χ0n) is 17.0. The monoisotopic (exact) mass is 374 g/mol. The first-order chi connectivity index (χ1) is 12.8. The Balaban J connectivity index is 1.27. The van der Waals surface area contributed by atoms with E-state index in [1.54, 1.807) is 0 Å². The van der Waals surface area contributed by atoms with E-state index in [-0.39, 0.29) is 28.7 Å². The Hall–Kier alpha value is -1.06. The van der Waals surface area contributed by atoms with Gasteiger partial charge in [0.25, 0.3) is 0 Å². The van der Waals surface area contributed by atoms with Gasteiger partial charge in [-0.3, -0.25) is 9.59 Å². The highest BCUT2D eigenvalue weighted by molar-refractivity contribution is 5.77. The molecule has 0 saturated heterocycles. The summed E-state index contributed by atoms with van der Waals surface area (Å²) >= 11 is 0. The first-order valence-electron chi connectivity index (χ1n) is 11.1. The van der Waals surface area contributed by atoms with E-state index in [0.717, 1.165) is 44.4 Å². The van der Waals surface area contributed by atoms with Crippen LogP contribution in [0.25, 0.3) is 0 Å². The summed E-state index contributed by atoms with van der Waals surface area (Å²) in [6, 6.07) is 0. The van der Waals surface area contributed by atoms with E-state index < -0.39 is 0 Å². The van der Waals surface area contributed by atoms with E-state index in [1.807, 2.05) is 0 Å². The molecule has 6 aliphatic carbocycles. The van der Waals surface area contributed by atoms with Gasteiger partial charge in [-0.1, -0.05) is 13.8 Å². The molecule has 0 aromatic carbocycles. The topological polar surface area (TPSA) is 52.6 Å². The van der Waals surface area contributed by atoms with Crippen molar-refractivity contribution in [2.45, 2.75) is 65.2 Å². The number of esters is 2. The highest BCUT2D eigenvalue weighted by atomic mass is 16.5. The molecule has 6 saturated carbocycles. The zero-order chi connectivity index (χ0) is 19.0. The molecule has 150 valence electrons. The Kier molecular flexibility index (Phi) is 3.98. The molecule has 6 rings (SSSR count). The van der Waals surface area contributed by atoms with Crippen LogP contribution in [0, 0.1) is 52.3 Å². The molecule has 4 heteroatoms. The Morgan fingerprint density at radius 3 is 2.26 bits per heavy atom. The molecule has 27 heavy (non-hydrogen) atoms. The number of rotatable bonds is 4. The summed E-state index contributed by atoms with van der Waals surface area (Å²) in [5.74, 6) is 3.97. The second-order valence-electron chi connectivity index (χ2n) is 11.1. The SMILES string of the molecule is COC(=O)C12CC3CC(CC(COC(=O)C4CC5CC4C(C)C5C)(C3)C1)C2. The van der Waals surface area contributed by atoms with Gasteiger partial charge in [0, 0.05) is 5.41 Å². The van der Waals surface area contributed by atoms with E-state index in [2.05, 4.69) is 13.8 Å². The van der Waals surface area contributed by atoms with Crippen LogP contribution < -0.4 is 0 Å². The average molecular weight is 375 g/mol. The second-order valence-corrected chi connectivity index (χ2v) is 11.1. The van der Waals surface area contributed by atoms with Gasteiger partial charge in [-0.05, 0) is 86.9 Å². The van der Waals surface area contributed by atoms with Crippen molar-refractivity contribution in [2.75, 3.05) is 13.7 Å². The molecule has 0 aromatic rings. The lowest BCUT2D eigenvalue weighted by atomic mass is 9.44. The van der Waals surface area contributed by atoms with Gasteiger partial charge >= 0.3 is 11.9 Å². The third-order valence-electron chi connectivity index (χ3n) is 9.52. The van der Waals surface area contributed by atoms with Crippen LogP contribution in [0.2, 0.25) is 0 Å². The van der Waals surface area contributed by atoms with Gasteiger partial charge in [-0.2, -0.15) is 0 Å². The largest absolute Gasteiger partial charge is 0.469 e. The lowest BCUT2D eigenvalue weighted by Gasteiger charge is -2.60. The Bertz CT molecular complexity index is 639. The molecule has 0 aliphatic heterocycles. The fraction of sp³-hybridized carbons (Fsp3) is 0.913. The van der Waals surface area contributed by atoms with Crippen LogP contribution in [0.3, 0.4) is 0 Å². The summed E-state index contributed by atoms with van der Waals surface area (Å²) in [6.45, 7) is 5.18. The quantitative estimate of drug-likeness (QED) is 0.692. The van der Waals surface area contributed by atoms with E-state index in [0.29, 0.717) is 36.2 Å². The number of methoxy groups -OCH3 is 1. The Morgan fingerprint density at radius 2 is 1.67 bits per heavy atom. The van der Waals surface area contributed by atoms with Crippen molar-refractivity contribution in [3.63, 3.8) is 0 Å². The fourth-order valence-corrected chi connectivity index (χ4v) is 8.62. The minimum Gasteiger partial charge on any atom is -0.469 e. The highest BCUT2D eigenvalue weighted by Gasteiger charge is 2.61. The number of ether oxygens (including phenoxy) is 2. The maximum Gasteiger partial charge on any atom is 0.311 e. The third kappa shape index (κ3) is 2.61. The van der Waals surface area contributed by atoms with Gasteiger partial charge in [0.05, 0.1) is 25.0 Å². The van der Waals surface area contributed by atoms with E-state index >= 15 is 0 Å². The Morgan fingerprint density at radius 1 is 0.963 bits per heavy atom. The van der Waals surface area contributed by atoms with Crippen molar-refractivity contribution < 1.29 is 19.1 Å². The van der Waals surface area contributed by atoms with Gasteiger partial charge in [0.1, 0.15) is 0 Å². The van der Waals surface area contributed by atoms with Crippen LogP contribution in [0.4, 0.5) is 0 Å². The molecule has 0 heterocycles. The molecule has 7 unspecified atom stereocenters. The molecule has 0 amide bonds. The second kappa shape index (κ2) is 5.97. The maximum atomic E-state index is 12.9. The number of hydrogen-bond acceptors (Lipinski definition) is 4. The molecule has 4 nitrogen and oxygen atoms in total. The van der Waals surface area contributed by atoms with Crippen LogP contribution >= 0.6 is 0 Å². The fourth-order valence-electron chi connectivity index (χ4n) is 8.62. The van der Waals surface area contributed by atoms with Crippen LogP contribution in [0.15, 0.2) is 0 Å². The van der Waals surface area contributed by atoms with Gasteiger partial charge in [0.15, 0.2) is 0 Å². The van der Waals surface area contributed by atoms with Gasteiger partial charge in [-0.15, -0.1) is 0 Å². The number of hydrogen-bond donors (Lipinski definition) is 0. The zero-order valence-corrected chi connectivity index (χ0v) is 17.0. The van der Waals surface area contributed by atoms with Crippen LogP contribution in [-0.2, 0) is 19.1 Å². The van der Waals surface area contributed by atoms with Crippen molar-refractivity contribution in [1.29, 1.82) is 0 Å². The summed E-state index contributed by atoms with van der Waals surface area (Å²) < 4.78 is 11.2. The molecular weight excluding hydrogens is 340 g/mol. The number of fused-ring (bicyclic) bond motifs is 2. The predicted octanol–water partition coefficient (Wildman–Crippen LogP) is 4.22. The van der Waals surface area contributed by atoms with Gasteiger partial charge < -0.3 is 9.47 Å². The molecule has 0 aromatic heterocycles. The van der Waals surface area contributed by atoms with E-state index in [1.165, 1.54) is 20.0 Å². The minimum absolute atomic E-state index is 0.0183. The van der Waals surface area contributed by atoms with Crippen LogP contribution in [0.1, 0.15) is 65.2 Å². The molecule has 6 bridgehead atoms. The number of carbonyl (C=O) groups excluding carboxylic acids is 2. The molecule has 6 aliphatic rings. The molecule has 0 spiro atoms. The van der Waals surface area contributed by atoms with Crippen molar-refractivity contribution in [2.24, 2.45) is 52.3 Å². The van der Waals surface area contributed by atoms with E-state index in [9.17, 15) is 9.59 Å². The first-order valence-corrected chi connectivity index (χ1v) is 11.1. The van der Waals surface area contributed by atoms with Gasteiger partial charge in [0.2, 0.25) is 0 Å². The molecule has 7 atom stereocenters. The molecule has 0 radical (unpaired) electrons. The van der Waals surface area contributed by atoms with Crippen LogP contribution in [0.5, 0.6) is 0 Å². The average Bonchev–Trinajstić information content (AvgIpc) is 3.18. The Labute approximate surface area is 162 Å². The smallest absolute Gasteiger partial charge is 0.311 e. The normalized spacial score (nSPS) is 52.2. The van der Waals surface area contributed by atoms with Crippen molar-refractivity contribution in [3.05, 3.63) is 0 Å². The predicted molar refractivity (Wildman–Crippen MR) is 101 cm³/mol.